The molecule has 6 heteroatoms. The summed E-state index contributed by atoms with van der Waals surface area (Å²) >= 11 is 0. The lowest BCUT2D eigenvalue weighted by molar-refractivity contribution is 0.564. The lowest BCUT2D eigenvalue weighted by Crippen LogP contribution is -2.43. The standard InChI is InChI=1S/C20H18N2O3S/c1-2-21-17-8-9-18-16(15(17)7-10-20(21)23)12-14-11-13-5-3-4-6-19(13)26(24,25)22(14)18/h3-10,14H,2,11-12H2,1H3. The first-order valence-electron chi connectivity index (χ1n) is 8.80. The van der Waals surface area contributed by atoms with Gasteiger partial charge in [-0.05, 0) is 55.2 Å². The largest absolute Gasteiger partial charge is 0.309 e. The van der Waals surface area contributed by atoms with Crippen LogP contribution in [0.15, 0.2) is 58.2 Å². The van der Waals surface area contributed by atoms with Crippen LogP contribution in [0.1, 0.15) is 18.1 Å². The molecule has 5 nitrogen and oxygen atoms in total. The van der Waals surface area contributed by atoms with Crippen LogP contribution in [-0.4, -0.2) is 19.0 Å². The molecule has 0 aliphatic carbocycles. The zero-order valence-electron chi connectivity index (χ0n) is 14.3. The first-order chi connectivity index (χ1) is 12.5. The summed E-state index contributed by atoms with van der Waals surface area (Å²) in [5.74, 6) is 0. The van der Waals surface area contributed by atoms with Crippen LogP contribution in [0, 0.1) is 0 Å². The van der Waals surface area contributed by atoms with Gasteiger partial charge in [-0.2, -0.15) is 0 Å². The summed E-state index contributed by atoms with van der Waals surface area (Å²) in [4.78, 5) is 12.5. The molecule has 3 aromatic rings. The summed E-state index contributed by atoms with van der Waals surface area (Å²) in [7, 11) is -3.56. The molecule has 1 atom stereocenters. The van der Waals surface area contributed by atoms with Crippen molar-refractivity contribution in [1.82, 2.24) is 4.57 Å². The Bertz CT molecular complexity index is 1230. The molecule has 5 rings (SSSR count). The molecular formula is C20H18N2O3S. The second-order valence-corrected chi connectivity index (χ2v) is 8.67. The van der Waals surface area contributed by atoms with Gasteiger partial charge in [0.1, 0.15) is 0 Å². The van der Waals surface area contributed by atoms with Gasteiger partial charge in [-0.25, -0.2) is 8.42 Å². The van der Waals surface area contributed by atoms with Crippen molar-refractivity contribution in [2.24, 2.45) is 0 Å². The van der Waals surface area contributed by atoms with E-state index in [0.29, 0.717) is 24.3 Å². The number of sulfonamides is 1. The van der Waals surface area contributed by atoms with E-state index in [0.717, 1.165) is 27.7 Å². The smallest absolute Gasteiger partial charge is 0.264 e. The fourth-order valence-corrected chi connectivity index (χ4v) is 6.37. The number of anilines is 1. The average molecular weight is 366 g/mol. The van der Waals surface area contributed by atoms with Gasteiger partial charge in [0, 0.05) is 18.0 Å². The topological polar surface area (TPSA) is 59.4 Å². The highest BCUT2D eigenvalue weighted by Crippen LogP contribution is 2.44. The molecule has 3 heterocycles. The zero-order chi connectivity index (χ0) is 18.1. The highest BCUT2D eigenvalue weighted by Gasteiger charge is 2.43. The SMILES string of the molecule is CCn1c(=O)ccc2c3c(ccc21)N1C(Cc2ccccc2S1(=O)=O)C3. The molecule has 0 bridgehead atoms. The zero-order valence-corrected chi connectivity index (χ0v) is 15.2. The first-order valence-corrected chi connectivity index (χ1v) is 10.2. The minimum absolute atomic E-state index is 0.0318. The Kier molecular flexibility index (Phi) is 3.13. The van der Waals surface area contributed by atoms with E-state index in [1.54, 1.807) is 27.1 Å². The average Bonchev–Trinajstić information content (AvgIpc) is 3.01. The number of hydrogen-bond acceptors (Lipinski definition) is 3. The van der Waals surface area contributed by atoms with E-state index in [-0.39, 0.29) is 11.6 Å². The second kappa shape index (κ2) is 5.20. The van der Waals surface area contributed by atoms with Crippen LogP contribution >= 0.6 is 0 Å². The van der Waals surface area contributed by atoms with Crippen LogP contribution < -0.4 is 9.86 Å². The number of pyridine rings is 1. The molecule has 0 radical (unpaired) electrons. The van der Waals surface area contributed by atoms with Gasteiger partial charge in [-0.1, -0.05) is 18.2 Å². The fourth-order valence-electron chi connectivity index (χ4n) is 4.45. The summed E-state index contributed by atoms with van der Waals surface area (Å²) in [5.41, 5.74) is 3.49. The van der Waals surface area contributed by atoms with Crippen molar-refractivity contribution in [2.45, 2.75) is 37.2 Å². The monoisotopic (exact) mass is 366 g/mol. The first kappa shape index (κ1) is 15.6. The van der Waals surface area contributed by atoms with Crippen molar-refractivity contribution in [3.8, 4) is 0 Å². The Morgan fingerprint density at radius 2 is 1.85 bits per heavy atom. The molecule has 2 aromatic carbocycles. The minimum atomic E-state index is -3.56. The van der Waals surface area contributed by atoms with Crippen LogP contribution in [0.2, 0.25) is 0 Å². The van der Waals surface area contributed by atoms with Crippen molar-refractivity contribution >= 4 is 26.6 Å². The van der Waals surface area contributed by atoms with Crippen molar-refractivity contribution in [2.75, 3.05) is 4.31 Å². The van der Waals surface area contributed by atoms with Crippen LogP contribution in [0.25, 0.3) is 10.9 Å². The summed E-state index contributed by atoms with van der Waals surface area (Å²) in [5, 5.41) is 0.970. The molecule has 1 unspecified atom stereocenters. The third kappa shape index (κ3) is 1.90. The summed E-state index contributed by atoms with van der Waals surface area (Å²) in [6, 6.07) is 14.3. The van der Waals surface area contributed by atoms with E-state index in [1.807, 2.05) is 37.3 Å². The van der Waals surface area contributed by atoms with Crippen LogP contribution in [0.3, 0.4) is 0 Å². The molecule has 26 heavy (non-hydrogen) atoms. The number of benzene rings is 2. The third-order valence-electron chi connectivity index (χ3n) is 5.55. The Hall–Kier alpha value is -2.60. The predicted octanol–water partition coefficient (Wildman–Crippen LogP) is 2.70. The van der Waals surface area contributed by atoms with E-state index in [1.165, 1.54) is 0 Å². The lowest BCUT2D eigenvalue weighted by atomic mass is 10.00. The Balaban J connectivity index is 1.77. The predicted molar refractivity (Wildman–Crippen MR) is 101 cm³/mol. The van der Waals surface area contributed by atoms with E-state index in [2.05, 4.69) is 0 Å². The van der Waals surface area contributed by atoms with Crippen LogP contribution in [0.4, 0.5) is 5.69 Å². The molecular weight excluding hydrogens is 348 g/mol. The van der Waals surface area contributed by atoms with Gasteiger partial charge in [-0.3, -0.25) is 9.10 Å². The molecule has 0 fully saturated rings. The van der Waals surface area contributed by atoms with Gasteiger partial charge in [-0.15, -0.1) is 0 Å². The third-order valence-corrected chi connectivity index (χ3v) is 7.52. The molecule has 1 aromatic heterocycles. The van der Waals surface area contributed by atoms with E-state index in [9.17, 15) is 13.2 Å². The number of rotatable bonds is 1. The Labute approximate surface area is 151 Å². The maximum Gasteiger partial charge on any atom is 0.264 e. The van der Waals surface area contributed by atoms with E-state index in [4.69, 9.17) is 0 Å². The molecule has 0 spiro atoms. The highest BCUT2D eigenvalue weighted by atomic mass is 32.2. The van der Waals surface area contributed by atoms with Gasteiger partial charge >= 0.3 is 0 Å². The van der Waals surface area contributed by atoms with Gasteiger partial charge in [0.2, 0.25) is 0 Å². The summed E-state index contributed by atoms with van der Waals surface area (Å²) < 4.78 is 29.8. The van der Waals surface area contributed by atoms with Gasteiger partial charge in [0.05, 0.1) is 22.1 Å². The maximum atomic E-state index is 13.2. The number of aromatic nitrogens is 1. The normalized spacial score (nSPS) is 19.9. The molecule has 0 N–H and O–H groups in total. The van der Waals surface area contributed by atoms with E-state index < -0.39 is 10.0 Å². The molecule has 0 saturated carbocycles. The summed E-state index contributed by atoms with van der Waals surface area (Å²) in [6.07, 6.45) is 1.38. The second-order valence-electron chi connectivity index (χ2n) is 6.88. The Morgan fingerprint density at radius 1 is 1.04 bits per heavy atom. The highest BCUT2D eigenvalue weighted by molar-refractivity contribution is 7.93. The van der Waals surface area contributed by atoms with Crippen molar-refractivity contribution in [3.05, 3.63) is 70.0 Å². The molecule has 2 aliphatic heterocycles. The fraction of sp³-hybridized carbons (Fsp3) is 0.250. The number of hydrogen-bond donors (Lipinski definition) is 0. The van der Waals surface area contributed by atoms with Gasteiger partial charge < -0.3 is 4.57 Å². The number of fused-ring (bicyclic) bond motifs is 6. The minimum Gasteiger partial charge on any atom is -0.309 e. The van der Waals surface area contributed by atoms with Crippen molar-refractivity contribution in [1.29, 1.82) is 0 Å². The number of aryl methyl sites for hydroxylation is 1. The number of nitrogens with zero attached hydrogens (tertiary/aromatic N) is 2. The van der Waals surface area contributed by atoms with Crippen LogP contribution in [-0.2, 0) is 29.4 Å². The summed E-state index contributed by atoms with van der Waals surface area (Å²) in [6.45, 7) is 2.53. The van der Waals surface area contributed by atoms with Crippen molar-refractivity contribution in [3.63, 3.8) is 0 Å². The van der Waals surface area contributed by atoms with Crippen LogP contribution in [0.5, 0.6) is 0 Å². The molecule has 2 aliphatic rings. The molecule has 132 valence electrons. The molecule has 0 saturated heterocycles. The van der Waals surface area contributed by atoms with Gasteiger partial charge in [0.25, 0.3) is 15.6 Å². The Morgan fingerprint density at radius 3 is 2.65 bits per heavy atom. The van der Waals surface area contributed by atoms with Crippen molar-refractivity contribution < 1.29 is 8.42 Å². The van der Waals surface area contributed by atoms with E-state index >= 15 is 0 Å². The quantitative estimate of drug-likeness (QED) is 0.665. The van der Waals surface area contributed by atoms with Gasteiger partial charge in [0.15, 0.2) is 0 Å². The maximum absolute atomic E-state index is 13.2. The molecule has 0 amide bonds. The lowest BCUT2D eigenvalue weighted by Gasteiger charge is -2.32.